The number of nitrogens with one attached hydrogen (secondary N) is 1. The lowest BCUT2D eigenvalue weighted by molar-refractivity contribution is 0.330. The summed E-state index contributed by atoms with van der Waals surface area (Å²) in [4.78, 5) is 4.01. The van der Waals surface area contributed by atoms with Crippen molar-refractivity contribution in [2.24, 2.45) is 11.3 Å². The molecule has 0 aliphatic carbocycles. The fourth-order valence-electron chi connectivity index (χ4n) is 1.65. The zero-order valence-corrected chi connectivity index (χ0v) is 10.5. The highest BCUT2D eigenvalue weighted by Crippen LogP contribution is 2.22. The Bertz CT molecular complexity index is 290. The number of pyridine rings is 1. The minimum Gasteiger partial charge on any atom is -0.271 e. The normalized spacial score (nSPS) is 13.8. The maximum absolute atomic E-state index is 5.58. The molecular weight excluding hydrogens is 198 g/mol. The molecule has 3 nitrogen and oxygen atoms in total. The van der Waals surface area contributed by atoms with Gasteiger partial charge in [-0.05, 0) is 42.4 Å². The van der Waals surface area contributed by atoms with Gasteiger partial charge in [0.2, 0.25) is 0 Å². The Morgan fingerprint density at radius 1 is 1.31 bits per heavy atom. The summed E-state index contributed by atoms with van der Waals surface area (Å²) in [6.45, 7) is 6.77. The number of hydrazine groups is 1. The van der Waals surface area contributed by atoms with Crippen LogP contribution in [0, 0.1) is 5.41 Å². The van der Waals surface area contributed by atoms with Gasteiger partial charge in [0.1, 0.15) is 0 Å². The molecule has 0 amide bonds. The number of hydrogen-bond acceptors (Lipinski definition) is 3. The quantitative estimate of drug-likeness (QED) is 0.592. The Hall–Kier alpha value is -0.930. The number of aromatic nitrogens is 1. The van der Waals surface area contributed by atoms with Crippen molar-refractivity contribution in [1.82, 2.24) is 10.4 Å². The minimum atomic E-state index is 0.349. The van der Waals surface area contributed by atoms with Crippen LogP contribution in [0.2, 0.25) is 0 Å². The van der Waals surface area contributed by atoms with Crippen molar-refractivity contribution in [1.29, 1.82) is 0 Å². The van der Waals surface area contributed by atoms with E-state index < -0.39 is 0 Å². The molecule has 1 unspecified atom stereocenters. The van der Waals surface area contributed by atoms with Crippen LogP contribution >= 0.6 is 0 Å². The molecule has 1 aromatic rings. The molecule has 3 heteroatoms. The summed E-state index contributed by atoms with van der Waals surface area (Å²) in [5.41, 5.74) is 4.56. The summed E-state index contributed by atoms with van der Waals surface area (Å²) in [6.07, 6.45) is 6.89. The summed E-state index contributed by atoms with van der Waals surface area (Å²) >= 11 is 0. The minimum absolute atomic E-state index is 0.349. The van der Waals surface area contributed by atoms with Crippen LogP contribution in [0.3, 0.4) is 0 Å². The van der Waals surface area contributed by atoms with Gasteiger partial charge in [0.05, 0.1) is 0 Å². The average molecular weight is 221 g/mol. The van der Waals surface area contributed by atoms with E-state index in [-0.39, 0.29) is 0 Å². The first-order chi connectivity index (χ1) is 7.51. The van der Waals surface area contributed by atoms with Gasteiger partial charge in [0.15, 0.2) is 0 Å². The molecule has 0 spiro atoms. The molecule has 0 aliphatic heterocycles. The van der Waals surface area contributed by atoms with E-state index in [2.05, 4.69) is 31.2 Å². The van der Waals surface area contributed by atoms with Crippen molar-refractivity contribution in [2.45, 2.75) is 46.1 Å². The summed E-state index contributed by atoms with van der Waals surface area (Å²) in [7, 11) is 0. The third kappa shape index (κ3) is 5.24. The van der Waals surface area contributed by atoms with Crippen molar-refractivity contribution in [3.8, 4) is 0 Å². The van der Waals surface area contributed by atoms with Crippen LogP contribution in [-0.4, -0.2) is 11.0 Å². The van der Waals surface area contributed by atoms with Crippen LogP contribution in [0.1, 0.15) is 39.2 Å². The van der Waals surface area contributed by atoms with Crippen molar-refractivity contribution < 1.29 is 0 Å². The molecule has 16 heavy (non-hydrogen) atoms. The van der Waals surface area contributed by atoms with Gasteiger partial charge in [-0.1, -0.05) is 20.8 Å². The van der Waals surface area contributed by atoms with E-state index in [1.54, 1.807) is 0 Å². The topological polar surface area (TPSA) is 50.9 Å². The monoisotopic (exact) mass is 221 g/mol. The maximum atomic E-state index is 5.58. The largest absolute Gasteiger partial charge is 0.271 e. The van der Waals surface area contributed by atoms with Crippen LogP contribution < -0.4 is 11.3 Å². The summed E-state index contributed by atoms with van der Waals surface area (Å²) in [5.74, 6) is 5.58. The number of nitrogens with zero attached hydrogens (tertiary/aromatic N) is 1. The lowest BCUT2D eigenvalue weighted by atomic mass is 9.87. The fourth-order valence-corrected chi connectivity index (χ4v) is 1.65. The van der Waals surface area contributed by atoms with Gasteiger partial charge in [-0.3, -0.25) is 16.3 Å². The predicted molar refractivity (Wildman–Crippen MR) is 67.7 cm³/mol. The van der Waals surface area contributed by atoms with Gasteiger partial charge >= 0.3 is 0 Å². The SMILES string of the molecule is CC(C)(C)CCC(Cc1ccncc1)NN. The smallest absolute Gasteiger partial charge is 0.0270 e. The van der Waals surface area contributed by atoms with Crippen LogP contribution in [-0.2, 0) is 6.42 Å². The highest BCUT2D eigenvalue weighted by atomic mass is 15.2. The van der Waals surface area contributed by atoms with Gasteiger partial charge in [0, 0.05) is 18.4 Å². The molecule has 0 aromatic carbocycles. The van der Waals surface area contributed by atoms with Gasteiger partial charge in [-0.15, -0.1) is 0 Å². The summed E-state index contributed by atoms with van der Waals surface area (Å²) in [5, 5.41) is 0. The van der Waals surface area contributed by atoms with E-state index in [0.29, 0.717) is 11.5 Å². The first-order valence-corrected chi connectivity index (χ1v) is 5.86. The second-order valence-electron chi connectivity index (χ2n) is 5.52. The molecule has 1 rings (SSSR count). The number of hydrogen-bond donors (Lipinski definition) is 2. The Kier molecular flexibility index (Phi) is 4.90. The molecule has 0 radical (unpaired) electrons. The molecule has 0 bridgehead atoms. The van der Waals surface area contributed by atoms with E-state index in [1.165, 1.54) is 12.0 Å². The third-order valence-corrected chi connectivity index (χ3v) is 2.71. The Morgan fingerprint density at radius 3 is 2.44 bits per heavy atom. The first-order valence-electron chi connectivity index (χ1n) is 5.86. The molecule has 0 saturated carbocycles. The van der Waals surface area contributed by atoms with Gasteiger partial charge in [-0.2, -0.15) is 0 Å². The molecule has 1 aromatic heterocycles. The van der Waals surface area contributed by atoms with Gasteiger partial charge in [0.25, 0.3) is 0 Å². The number of rotatable bonds is 5. The van der Waals surface area contributed by atoms with E-state index >= 15 is 0 Å². The fraction of sp³-hybridized carbons (Fsp3) is 0.615. The second-order valence-corrected chi connectivity index (χ2v) is 5.52. The molecule has 1 atom stereocenters. The predicted octanol–water partition coefficient (Wildman–Crippen LogP) is 2.28. The third-order valence-electron chi connectivity index (χ3n) is 2.71. The zero-order chi connectivity index (χ0) is 12.0. The van der Waals surface area contributed by atoms with Gasteiger partial charge in [-0.25, -0.2) is 0 Å². The van der Waals surface area contributed by atoms with E-state index in [9.17, 15) is 0 Å². The van der Waals surface area contributed by atoms with E-state index in [0.717, 1.165) is 12.8 Å². The maximum Gasteiger partial charge on any atom is 0.0270 e. The van der Waals surface area contributed by atoms with Crippen molar-refractivity contribution in [3.63, 3.8) is 0 Å². The number of nitrogens with two attached hydrogens (primary N) is 1. The first kappa shape index (κ1) is 13.1. The molecule has 0 saturated heterocycles. The van der Waals surface area contributed by atoms with Crippen LogP contribution in [0.5, 0.6) is 0 Å². The molecule has 1 heterocycles. The lowest BCUT2D eigenvalue weighted by Gasteiger charge is -2.22. The van der Waals surface area contributed by atoms with Crippen LogP contribution in [0.15, 0.2) is 24.5 Å². The molecule has 0 fully saturated rings. The summed E-state index contributed by atoms with van der Waals surface area (Å²) < 4.78 is 0. The van der Waals surface area contributed by atoms with E-state index in [4.69, 9.17) is 5.84 Å². The van der Waals surface area contributed by atoms with Crippen molar-refractivity contribution in [2.75, 3.05) is 0 Å². The average Bonchev–Trinajstić information content (AvgIpc) is 2.24. The van der Waals surface area contributed by atoms with Crippen molar-refractivity contribution in [3.05, 3.63) is 30.1 Å². The molecule has 3 N–H and O–H groups in total. The molecule has 90 valence electrons. The zero-order valence-electron chi connectivity index (χ0n) is 10.5. The van der Waals surface area contributed by atoms with Crippen LogP contribution in [0.25, 0.3) is 0 Å². The molecule has 0 aliphatic rings. The highest BCUT2D eigenvalue weighted by molar-refractivity contribution is 5.11. The van der Waals surface area contributed by atoms with Crippen molar-refractivity contribution >= 4 is 0 Å². The standard InChI is InChI=1S/C13H23N3/c1-13(2,3)7-4-12(16-14)10-11-5-8-15-9-6-11/h5-6,8-9,12,16H,4,7,10,14H2,1-3H3. The Labute approximate surface area is 98.4 Å². The molecular formula is C13H23N3. The second kappa shape index (κ2) is 5.97. The Balaban J connectivity index is 2.44. The lowest BCUT2D eigenvalue weighted by Crippen LogP contribution is -2.37. The van der Waals surface area contributed by atoms with Crippen LogP contribution in [0.4, 0.5) is 0 Å². The Morgan fingerprint density at radius 2 is 1.94 bits per heavy atom. The highest BCUT2D eigenvalue weighted by Gasteiger charge is 2.14. The van der Waals surface area contributed by atoms with E-state index in [1.807, 2.05) is 24.5 Å². The van der Waals surface area contributed by atoms with Gasteiger partial charge < -0.3 is 0 Å². The summed E-state index contributed by atoms with van der Waals surface area (Å²) in [6, 6.07) is 4.43.